The Balaban J connectivity index is 1.18. The molecule has 0 bridgehead atoms. The number of rotatable bonds is 16. The lowest BCUT2D eigenvalue weighted by Crippen LogP contribution is -2.48. The smallest absolute Gasteiger partial charge is 0.252 e. The normalized spacial score (nSPS) is 20.0. The van der Waals surface area contributed by atoms with Crippen LogP contribution in [0.1, 0.15) is 89.8 Å². The minimum atomic E-state index is -0.459. The lowest BCUT2D eigenvalue weighted by molar-refractivity contribution is -0.130. The molecule has 2 aliphatic heterocycles. The number of nitrogens with zero attached hydrogens (tertiary/aromatic N) is 1. The summed E-state index contributed by atoms with van der Waals surface area (Å²) >= 11 is 0. The van der Waals surface area contributed by atoms with Gasteiger partial charge in [-0.05, 0) is 68.9 Å². The molecular weight excluding hydrogens is 580 g/mol. The number of primary amides is 1. The molecule has 3 heterocycles. The molecule has 1 fully saturated rings. The molecule has 0 radical (unpaired) electrons. The maximum Gasteiger partial charge on any atom is 0.252 e. The molecule has 2 aromatic rings. The highest BCUT2D eigenvalue weighted by Gasteiger charge is 2.44. The number of nitrogens with two attached hydrogens (primary N) is 1. The van der Waals surface area contributed by atoms with Crippen molar-refractivity contribution in [2.75, 3.05) is 13.1 Å². The topological polar surface area (TPSA) is 91.2 Å². The summed E-state index contributed by atoms with van der Waals surface area (Å²) in [4.78, 5) is 31.0. The first kappa shape index (κ1) is 35.5. The molecule has 6 nitrogen and oxygen atoms in total. The van der Waals surface area contributed by atoms with Gasteiger partial charge in [-0.2, -0.15) is 0 Å². The van der Waals surface area contributed by atoms with Gasteiger partial charge in [-0.25, -0.2) is 0 Å². The van der Waals surface area contributed by atoms with Crippen molar-refractivity contribution in [2.24, 2.45) is 11.7 Å². The Morgan fingerprint density at radius 3 is 2.04 bits per heavy atom. The van der Waals surface area contributed by atoms with Crippen molar-refractivity contribution in [1.82, 2.24) is 15.2 Å². The van der Waals surface area contributed by atoms with Crippen molar-refractivity contribution in [1.29, 1.82) is 0 Å². The summed E-state index contributed by atoms with van der Waals surface area (Å²) in [5, 5.41) is 4.67. The van der Waals surface area contributed by atoms with Crippen molar-refractivity contribution in [3.8, 4) is 0 Å². The molecule has 4 N–H and O–H groups in total. The molecule has 0 spiro atoms. The first-order chi connectivity index (χ1) is 22.8. The second-order valence-corrected chi connectivity index (χ2v) is 13.1. The van der Waals surface area contributed by atoms with E-state index in [1.54, 1.807) is 6.20 Å². The maximum absolute atomic E-state index is 13.1. The van der Waals surface area contributed by atoms with Gasteiger partial charge in [0.25, 0.3) is 5.91 Å². The number of fused-ring (bicyclic) bond motifs is 3. The van der Waals surface area contributed by atoms with E-state index in [-0.39, 0.29) is 23.3 Å². The zero-order chi connectivity index (χ0) is 33.5. The van der Waals surface area contributed by atoms with Crippen LogP contribution in [-0.2, 0) is 15.0 Å². The van der Waals surface area contributed by atoms with Gasteiger partial charge in [0, 0.05) is 48.1 Å². The van der Waals surface area contributed by atoms with Crippen LogP contribution in [0.15, 0.2) is 103 Å². The van der Waals surface area contributed by atoms with Crippen molar-refractivity contribution in [3.05, 3.63) is 115 Å². The molecule has 1 unspecified atom stereocenters. The molecule has 47 heavy (non-hydrogen) atoms. The van der Waals surface area contributed by atoms with E-state index in [1.165, 1.54) is 0 Å². The monoisotopic (exact) mass is 634 g/mol. The molecular formula is C41H54N4O2. The van der Waals surface area contributed by atoms with E-state index in [4.69, 9.17) is 5.73 Å². The van der Waals surface area contributed by atoms with Crippen molar-refractivity contribution in [2.45, 2.75) is 90.0 Å². The molecule has 1 saturated heterocycles. The van der Waals surface area contributed by atoms with E-state index < -0.39 is 5.91 Å². The minimum Gasteiger partial charge on any atom is -0.386 e. The summed E-state index contributed by atoms with van der Waals surface area (Å²) < 4.78 is 0. The van der Waals surface area contributed by atoms with Crippen molar-refractivity contribution < 1.29 is 9.59 Å². The summed E-state index contributed by atoms with van der Waals surface area (Å²) in [5.41, 5.74) is 8.88. The number of hydrogen-bond acceptors (Lipinski definition) is 3. The Hall–Kier alpha value is -4.32. The Kier molecular flexibility index (Phi) is 13.7. The van der Waals surface area contributed by atoms with Crippen LogP contribution in [0.4, 0.5) is 0 Å². The van der Waals surface area contributed by atoms with Crippen LogP contribution in [0.5, 0.6) is 0 Å². The lowest BCUT2D eigenvalue weighted by Gasteiger charge is -2.38. The van der Waals surface area contributed by atoms with Crippen molar-refractivity contribution >= 4 is 28.3 Å². The van der Waals surface area contributed by atoms with Crippen LogP contribution in [0, 0.1) is 5.92 Å². The lowest BCUT2D eigenvalue weighted by atomic mass is 9.71. The predicted octanol–water partition coefficient (Wildman–Crippen LogP) is 8.57. The number of aromatic nitrogens is 1. The molecule has 0 saturated carbocycles. The maximum atomic E-state index is 13.1. The van der Waals surface area contributed by atoms with Crippen LogP contribution in [0.3, 0.4) is 0 Å². The number of allylic oxidation sites excluding steroid dienone is 12. The highest BCUT2D eigenvalue weighted by Crippen LogP contribution is 2.43. The molecule has 1 aromatic heterocycles. The molecule has 2 amide bonds. The fraction of sp³-hybridized carbons (Fsp3) is 0.415. The van der Waals surface area contributed by atoms with Crippen LogP contribution in [-0.4, -0.2) is 40.8 Å². The van der Waals surface area contributed by atoms with Crippen LogP contribution < -0.4 is 11.1 Å². The zero-order valence-corrected chi connectivity index (χ0v) is 28.6. The van der Waals surface area contributed by atoms with E-state index in [9.17, 15) is 9.59 Å². The summed E-state index contributed by atoms with van der Waals surface area (Å²) in [6.07, 6.45) is 36.2. The van der Waals surface area contributed by atoms with Gasteiger partial charge >= 0.3 is 0 Å². The van der Waals surface area contributed by atoms with E-state index in [1.807, 2.05) is 23.1 Å². The van der Waals surface area contributed by atoms with E-state index in [0.29, 0.717) is 18.5 Å². The van der Waals surface area contributed by atoms with Gasteiger partial charge in [-0.1, -0.05) is 112 Å². The van der Waals surface area contributed by atoms with Crippen LogP contribution in [0.2, 0.25) is 0 Å². The van der Waals surface area contributed by atoms with E-state index in [2.05, 4.69) is 110 Å². The highest BCUT2D eigenvalue weighted by atomic mass is 16.2. The third-order valence-electron chi connectivity index (χ3n) is 9.24. The number of likely N-dealkylation sites (tertiary alicyclic amines) is 1. The highest BCUT2D eigenvalue weighted by molar-refractivity contribution is 6.20. The minimum absolute atomic E-state index is 0.0403. The van der Waals surface area contributed by atoms with Gasteiger partial charge in [-0.3, -0.25) is 9.59 Å². The number of aromatic amines is 1. The summed E-state index contributed by atoms with van der Waals surface area (Å²) in [6, 6.07) is 8.21. The summed E-state index contributed by atoms with van der Waals surface area (Å²) in [5.74, 6) is 0.00352. The van der Waals surface area contributed by atoms with Gasteiger partial charge in [-0.15, -0.1) is 0 Å². The van der Waals surface area contributed by atoms with Crippen LogP contribution in [0.25, 0.3) is 16.5 Å². The quantitative estimate of drug-likeness (QED) is 0.162. The summed E-state index contributed by atoms with van der Waals surface area (Å²) in [6.45, 7) is 8.08. The first-order valence-corrected chi connectivity index (χ1v) is 17.4. The fourth-order valence-electron chi connectivity index (χ4n) is 6.83. The number of nitrogens with one attached hydrogen (secondary N) is 2. The number of carbonyl (C=O) groups is 2. The number of carbonyl (C=O) groups excluding carboxylic acids is 2. The first-order valence-electron chi connectivity index (χ1n) is 17.4. The molecule has 0 aliphatic carbocycles. The molecule has 2 aliphatic rings. The molecule has 4 rings (SSSR count). The molecule has 6 heteroatoms. The SMILES string of the molecule is CC/C=C\C/C=C\C/C=C\C/C=C\C/C=C\C/C=C\CCC(=O)N1CC[C@@H](C2NC=C(C(N)=O)c3[nH]c4ccccc4c3C2(C)C)C1. The summed E-state index contributed by atoms with van der Waals surface area (Å²) in [7, 11) is 0. The molecule has 1 aromatic carbocycles. The molecule has 250 valence electrons. The zero-order valence-electron chi connectivity index (χ0n) is 28.6. The van der Waals surface area contributed by atoms with Gasteiger partial charge in [0.2, 0.25) is 5.91 Å². The predicted molar refractivity (Wildman–Crippen MR) is 198 cm³/mol. The Bertz CT molecular complexity index is 1550. The number of amides is 2. The third-order valence-corrected chi connectivity index (χ3v) is 9.24. The second kappa shape index (κ2) is 18.1. The van der Waals surface area contributed by atoms with Crippen LogP contribution >= 0.6 is 0 Å². The number of H-pyrrole nitrogens is 1. The average molecular weight is 635 g/mol. The third kappa shape index (κ3) is 9.84. The van der Waals surface area contributed by atoms with Crippen molar-refractivity contribution in [3.63, 3.8) is 0 Å². The standard InChI is InChI=1S/C41H54N4O2/c1-4-5-6-7-8-9-10-11-12-13-14-15-16-17-18-19-20-21-22-27-36(46)45-29-28-32(31-45)39-41(2,3)37-33-25-23-24-26-35(33)44-38(37)34(30-43-39)40(42)47/h5-6,8-9,11-12,14-15,17-18,20-21,23-26,30,32,39,43-44H,4,7,10,13,16,19,22,27-29,31H2,1-3H3,(H2,42,47)/b6-5-,9-8-,12-11-,15-14-,18-17-,21-20-/t32-,39?/m1/s1. The average Bonchev–Trinajstić information content (AvgIpc) is 3.67. The Morgan fingerprint density at radius 2 is 1.45 bits per heavy atom. The van der Waals surface area contributed by atoms with E-state index >= 15 is 0 Å². The number of para-hydroxylation sites is 1. The second-order valence-electron chi connectivity index (χ2n) is 13.1. The van der Waals surface area contributed by atoms with Gasteiger partial charge in [0.1, 0.15) is 0 Å². The Morgan fingerprint density at radius 1 is 0.872 bits per heavy atom. The number of hydrogen-bond donors (Lipinski definition) is 3. The van der Waals surface area contributed by atoms with Gasteiger partial charge in [0.05, 0.1) is 11.3 Å². The van der Waals surface area contributed by atoms with Gasteiger partial charge in [0.15, 0.2) is 0 Å². The Labute approximate surface area is 281 Å². The van der Waals surface area contributed by atoms with E-state index in [0.717, 1.165) is 80.1 Å². The fourth-order valence-corrected chi connectivity index (χ4v) is 6.83. The largest absolute Gasteiger partial charge is 0.386 e. The van der Waals surface area contributed by atoms with Gasteiger partial charge < -0.3 is 20.9 Å². The number of benzene rings is 1. The molecule has 2 atom stereocenters.